The lowest BCUT2D eigenvalue weighted by molar-refractivity contribution is -0.113. The van der Waals surface area contributed by atoms with Gasteiger partial charge in [-0.3, -0.25) is 4.79 Å². The fraction of sp³-hybridized carbons (Fsp3) is 0.0625. The van der Waals surface area contributed by atoms with Crippen LogP contribution in [0.1, 0.15) is 16.7 Å². The molecule has 0 aliphatic heterocycles. The Morgan fingerprint density at radius 1 is 1.16 bits per heavy atom. The average Bonchev–Trinajstić information content (AvgIpc) is 2.40. The summed E-state index contributed by atoms with van der Waals surface area (Å²) >= 11 is 0. The number of hydrogen-bond acceptors (Lipinski definition) is 2. The van der Waals surface area contributed by atoms with Gasteiger partial charge >= 0.3 is 0 Å². The molecule has 3 heteroatoms. The van der Waals surface area contributed by atoms with Crippen molar-refractivity contribution in [1.29, 1.82) is 0 Å². The van der Waals surface area contributed by atoms with Gasteiger partial charge in [0, 0.05) is 11.6 Å². The Hall–Kier alpha value is -2.55. The first-order chi connectivity index (χ1) is 9.08. The van der Waals surface area contributed by atoms with Crippen LogP contribution in [0.15, 0.2) is 54.6 Å². The van der Waals surface area contributed by atoms with Crippen LogP contribution in [-0.2, 0) is 4.79 Å². The van der Waals surface area contributed by atoms with Crippen LogP contribution in [0.5, 0.6) is 5.75 Å². The molecule has 0 aliphatic carbocycles. The normalized spacial score (nSPS) is 11.3. The SMILES string of the molecule is Cc1ccc(O)c(/C(=C/C(N)=O)c2ccccc2)c1. The minimum atomic E-state index is -0.542. The van der Waals surface area contributed by atoms with E-state index in [4.69, 9.17) is 5.73 Å². The van der Waals surface area contributed by atoms with Crippen LogP contribution < -0.4 is 5.73 Å². The summed E-state index contributed by atoms with van der Waals surface area (Å²) in [5.74, 6) is -0.415. The number of amides is 1. The highest BCUT2D eigenvalue weighted by molar-refractivity contribution is 5.99. The molecule has 2 aromatic rings. The van der Waals surface area contributed by atoms with E-state index in [1.807, 2.05) is 49.4 Å². The quantitative estimate of drug-likeness (QED) is 0.826. The van der Waals surface area contributed by atoms with Crippen molar-refractivity contribution >= 4 is 11.5 Å². The minimum Gasteiger partial charge on any atom is -0.507 e. The third kappa shape index (κ3) is 3.01. The second kappa shape index (κ2) is 5.40. The topological polar surface area (TPSA) is 63.3 Å². The summed E-state index contributed by atoms with van der Waals surface area (Å²) in [7, 11) is 0. The minimum absolute atomic E-state index is 0.127. The van der Waals surface area contributed by atoms with Gasteiger partial charge in [0.25, 0.3) is 0 Å². The third-order valence-corrected chi connectivity index (χ3v) is 2.81. The van der Waals surface area contributed by atoms with Crippen LogP contribution in [0.3, 0.4) is 0 Å². The molecule has 0 saturated carbocycles. The van der Waals surface area contributed by atoms with Crippen molar-refractivity contribution in [3.8, 4) is 5.75 Å². The molecular formula is C16H15NO2. The fourth-order valence-electron chi connectivity index (χ4n) is 1.94. The van der Waals surface area contributed by atoms with E-state index in [1.165, 1.54) is 6.08 Å². The molecule has 19 heavy (non-hydrogen) atoms. The van der Waals surface area contributed by atoms with E-state index < -0.39 is 5.91 Å². The number of aryl methyl sites for hydroxylation is 1. The van der Waals surface area contributed by atoms with Gasteiger partial charge < -0.3 is 10.8 Å². The highest BCUT2D eigenvalue weighted by atomic mass is 16.3. The zero-order chi connectivity index (χ0) is 13.8. The lowest BCUT2D eigenvalue weighted by atomic mass is 9.95. The number of rotatable bonds is 3. The first-order valence-electron chi connectivity index (χ1n) is 5.94. The molecule has 0 saturated heterocycles. The largest absolute Gasteiger partial charge is 0.507 e. The van der Waals surface area contributed by atoms with Gasteiger partial charge in [0.05, 0.1) is 0 Å². The second-order valence-corrected chi connectivity index (χ2v) is 4.35. The number of carbonyl (C=O) groups is 1. The van der Waals surface area contributed by atoms with Gasteiger partial charge in [-0.15, -0.1) is 0 Å². The Labute approximate surface area is 112 Å². The lowest BCUT2D eigenvalue weighted by Crippen LogP contribution is -2.07. The summed E-state index contributed by atoms with van der Waals surface area (Å²) in [6.07, 6.45) is 1.34. The maximum atomic E-state index is 11.2. The van der Waals surface area contributed by atoms with Crippen LogP contribution in [0.25, 0.3) is 5.57 Å². The summed E-state index contributed by atoms with van der Waals surface area (Å²) in [6, 6.07) is 14.6. The highest BCUT2D eigenvalue weighted by Gasteiger charge is 2.11. The van der Waals surface area contributed by atoms with Crippen LogP contribution in [0, 0.1) is 6.92 Å². The van der Waals surface area contributed by atoms with Crippen LogP contribution >= 0.6 is 0 Å². The van der Waals surface area contributed by atoms with Gasteiger partial charge in [0.1, 0.15) is 5.75 Å². The van der Waals surface area contributed by atoms with Crippen LogP contribution in [-0.4, -0.2) is 11.0 Å². The Bertz CT molecular complexity index is 630. The van der Waals surface area contributed by atoms with E-state index in [1.54, 1.807) is 6.07 Å². The zero-order valence-electron chi connectivity index (χ0n) is 10.6. The summed E-state index contributed by atoms with van der Waals surface area (Å²) in [4.78, 5) is 11.2. The maximum Gasteiger partial charge on any atom is 0.242 e. The predicted octanol–water partition coefficient (Wildman–Crippen LogP) is 2.62. The monoisotopic (exact) mass is 253 g/mol. The zero-order valence-corrected chi connectivity index (χ0v) is 10.6. The number of phenolic OH excluding ortho intramolecular Hbond substituents is 1. The van der Waals surface area contributed by atoms with Crippen molar-refractivity contribution < 1.29 is 9.90 Å². The molecular weight excluding hydrogens is 238 g/mol. The van der Waals surface area contributed by atoms with Crippen LogP contribution in [0.4, 0.5) is 0 Å². The molecule has 2 rings (SSSR count). The summed E-state index contributed by atoms with van der Waals surface area (Å²) < 4.78 is 0. The Morgan fingerprint density at radius 3 is 2.47 bits per heavy atom. The van der Waals surface area contributed by atoms with Crippen molar-refractivity contribution in [1.82, 2.24) is 0 Å². The van der Waals surface area contributed by atoms with Gasteiger partial charge in [0.2, 0.25) is 5.91 Å². The summed E-state index contributed by atoms with van der Waals surface area (Å²) in [5.41, 5.74) is 8.32. The lowest BCUT2D eigenvalue weighted by Gasteiger charge is -2.10. The van der Waals surface area contributed by atoms with Crippen molar-refractivity contribution in [2.45, 2.75) is 6.92 Å². The molecule has 0 heterocycles. The fourth-order valence-corrected chi connectivity index (χ4v) is 1.94. The molecule has 0 unspecified atom stereocenters. The number of benzene rings is 2. The Balaban J connectivity index is 2.63. The van der Waals surface area contributed by atoms with Gasteiger partial charge in [-0.1, -0.05) is 42.0 Å². The van der Waals surface area contributed by atoms with Crippen molar-refractivity contribution in [3.63, 3.8) is 0 Å². The van der Waals surface area contributed by atoms with E-state index in [9.17, 15) is 9.90 Å². The molecule has 0 bridgehead atoms. The number of primary amides is 1. The molecule has 0 spiro atoms. The maximum absolute atomic E-state index is 11.2. The van der Waals surface area contributed by atoms with Crippen molar-refractivity contribution in [2.75, 3.05) is 0 Å². The summed E-state index contributed by atoms with van der Waals surface area (Å²) in [5, 5.41) is 9.99. The highest BCUT2D eigenvalue weighted by Crippen LogP contribution is 2.30. The number of nitrogens with two attached hydrogens (primary N) is 1. The molecule has 3 nitrogen and oxygen atoms in total. The summed E-state index contributed by atoms with van der Waals surface area (Å²) in [6.45, 7) is 1.93. The number of phenols is 1. The Kier molecular flexibility index (Phi) is 3.66. The van der Waals surface area contributed by atoms with Crippen molar-refractivity contribution in [3.05, 3.63) is 71.3 Å². The smallest absolute Gasteiger partial charge is 0.242 e. The van der Waals surface area contributed by atoms with Gasteiger partial charge in [-0.25, -0.2) is 0 Å². The first-order valence-corrected chi connectivity index (χ1v) is 5.94. The molecule has 0 radical (unpaired) electrons. The second-order valence-electron chi connectivity index (χ2n) is 4.35. The average molecular weight is 253 g/mol. The van der Waals surface area contributed by atoms with E-state index in [2.05, 4.69) is 0 Å². The molecule has 96 valence electrons. The van der Waals surface area contributed by atoms with E-state index in [0.717, 1.165) is 11.1 Å². The predicted molar refractivity (Wildman–Crippen MR) is 75.6 cm³/mol. The molecule has 0 aromatic heterocycles. The van der Waals surface area contributed by atoms with Crippen LogP contribution in [0.2, 0.25) is 0 Å². The number of hydrogen-bond donors (Lipinski definition) is 2. The first kappa shape index (κ1) is 12.9. The molecule has 0 atom stereocenters. The molecule has 1 amide bonds. The van der Waals surface area contributed by atoms with E-state index in [-0.39, 0.29) is 5.75 Å². The van der Waals surface area contributed by atoms with Gasteiger partial charge in [-0.05, 0) is 30.2 Å². The van der Waals surface area contributed by atoms with Crippen molar-refractivity contribution in [2.24, 2.45) is 5.73 Å². The van der Waals surface area contributed by atoms with E-state index in [0.29, 0.717) is 11.1 Å². The molecule has 0 fully saturated rings. The van der Waals surface area contributed by atoms with Gasteiger partial charge in [0.15, 0.2) is 0 Å². The number of aromatic hydroxyl groups is 1. The van der Waals surface area contributed by atoms with Gasteiger partial charge in [-0.2, -0.15) is 0 Å². The number of carbonyl (C=O) groups excluding carboxylic acids is 1. The third-order valence-electron chi connectivity index (χ3n) is 2.81. The Morgan fingerprint density at radius 2 is 1.84 bits per heavy atom. The standard InChI is InChI=1S/C16H15NO2/c1-11-7-8-15(18)14(9-11)13(10-16(17)19)12-5-3-2-4-6-12/h2-10,18H,1H3,(H2,17,19)/b13-10+. The van der Waals surface area contributed by atoms with E-state index >= 15 is 0 Å². The molecule has 0 aliphatic rings. The molecule has 2 aromatic carbocycles. The molecule has 3 N–H and O–H groups in total.